The summed E-state index contributed by atoms with van der Waals surface area (Å²) >= 11 is 0. The summed E-state index contributed by atoms with van der Waals surface area (Å²) in [7, 11) is 3.13. The van der Waals surface area contributed by atoms with Crippen LogP contribution in [0.1, 0.15) is 5.56 Å². The van der Waals surface area contributed by atoms with Crippen molar-refractivity contribution in [2.45, 2.75) is 0 Å². The molecule has 0 saturated heterocycles. The van der Waals surface area contributed by atoms with E-state index in [4.69, 9.17) is 25.2 Å². The van der Waals surface area contributed by atoms with Crippen LogP contribution < -0.4 is 15.2 Å². The van der Waals surface area contributed by atoms with Gasteiger partial charge in [0, 0.05) is 18.7 Å². The molecule has 0 aliphatic carbocycles. The van der Waals surface area contributed by atoms with E-state index in [0.29, 0.717) is 30.3 Å². The molecule has 0 aromatic heterocycles. The van der Waals surface area contributed by atoms with Gasteiger partial charge >= 0.3 is 0 Å². The van der Waals surface area contributed by atoms with Crippen LogP contribution in [0.3, 0.4) is 0 Å². The van der Waals surface area contributed by atoms with Crippen LogP contribution in [0.5, 0.6) is 11.5 Å². The van der Waals surface area contributed by atoms with Crippen LogP contribution in [0.25, 0.3) is 0 Å². The Morgan fingerprint density at radius 3 is 2.53 bits per heavy atom. The molecule has 0 radical (unpaired) electrons. The molecule has 6 heteroatoms. The summed E-state index contributed by atoms with van der Waals surface area (Å²) in [4.78, 5) is 0. The lowest BCUT2D eigenvalue weighted by molar-refractivity contribution is 0.146. The number of ether oxygens (including phenoxy) is 3. The standard InChI is InChI=1S/C11H16N2O4/c1-15-3-4-17-10-6-8(11(12)13-14)5-9(7-10)16-2/h5-7,14H,3-4H2,1-2H3,(H2,12,13). The SMILES string of the molecule is COCCOc1cc(OC)cc(/C(N)=N/O)c1. The van der Waals surface area contributed by atoms with Crippen molar-refractivity contribution in [3.05, 3.63) is 23.8 Å². The summed E-state index contributed by atoms with van der Waals surface area (Å²) in [6.07, 6.45) is 0. The molecule has 0 bridgehead atoms. The van der Waals surface area contributed by atoms with Crippen LogP contribution in [0.4, 0.5) is 0 Å². The Hall–Kier alpha value is -1.95. The summed E-state index contributed by atoms with van der Waals surface area (Å²) < 4.78 is 15.4. The highest BCUT2D eigenvalue weighted by Gasteiger charge is 2.06. The number of nitrogens with zero attached hydrogens (tertiary/aromatic N) is 1. The first kappa shape index (κ1) is 13.1. The number of hydrogen-bond donors (Lipinski definition) is 2. The molecule has 0 heterocycles. The van der Waals surface area contributed by atoms with Gasteiger partial charge in [-0.25, -0.2) is 0 Å². The summed E-state index contributed by atoms with van der Waals surface area (Å²) in [5.41, 5.74) is 6.03. The molecule has 0 aliphatic rings. The normalized spacial score (nSPS) is 11.3. The molecule has 0 spiro atoms. The van der Waals surface area contributed by atoms with Crippen molar-refractivity contribution in [1.29, 1.82) is 0 Å². The number of rotatable bonds is 6. The Balaban J connectivity index is 2.89. The number of benzene rings is 1. The molecule has 94 valence electrons. The number of methoxy groups -OCH3 is 2. The van der Waals surface area contributed by atoms with Gasteiger partial charge in [-0.1, -0.05) is 5.16 Å². The third-order valence-corrected chi connectivity index (χ3v) is 2.08. The van der Waals surface area contributed by atoms with Crippen molar-refractivity contribution in [3.63, 3.8) is 0 Å². The Kier molecular flexibility index (Phi) is 5.09. The fourth-order valence-corrected chi connectivity index (χ4v) is 1.22. The Bertz CT molecular complexity index is 393. The van der Waals surface area contributed by atoms with E-state index < -0.39 is 0 Å². The second-order valence-corrected chi connectivity index (χ2v) is 3.22. The number of nitrogens with two attached hydrogens (primary N) is 1. The van der Waals surface area contributed by atoms with Gasteiger partial charge in [0.2, 0.25) is 0 Å². The summed E-state index contributed by atoms with van der Waals surface area (Å²) in [6.45, 7) is 0.898. The van der Waals surface area contributed by atoms with E-state index in [1.165, 1.54) is 7.11 Å². The fraction of sp³-hybridized carbons (Fsp3) is 0.364. The van der Waals surface area contributed by atoms with E-state index in [1.54, 1.807) is 25.3 Å². The molecular formula is C11H16N2O4. The van der Waals surface area contributed by atoms with Crippen LogP contribution >= 0.6 is 0 Å². The molecule has 1 rings (SSSR count). The Morgan fingerprint density at radius 1 is 1.24 bits per heavy atom. The zero-order chi connectivity index (χ0) is 12.7. The van der Waals surface area contributed by atoms with Gasteiger partial charge in [-0.2, -0.15) is 0 Å². The first-order valence-corrected chi connectivity index (χ1v) is 5.00. The zero-order valence-corrected chi connectivity index (χ0v) is 9.84. The third-order valence-electron chi connectivity index (χ3n) is 2.08. The maximum atomic E-state index is 8.62. The molecule has 0 saturated carbocycles. The molecule has 0 amide bonds. The van der Waals surface area contributed by atoms with Gasteiger partial charge in [0.15, 0.2) is 5.84 Å². The number of oxime groups is 1. The zero-order valence-electron chi connectivity index (χ0n) is 9.84. The molecule has 17 heavy (non-hydrogen) atoms. The van der Waals surface area contributed by atoms with Crippen molar-refractivity contribution in [1.82, 2.24) is 0 Å². The van der Waals surface area contributed by atoms with E-state index in [-0.39, 0.29) is 5.84 Å². The monoisotopic (exact) mass is 240 g/mol. The summed E-state index contributed by atoms with van der Waals surface area (Å²) in [5.74, 6) is 1.14. The fourth-order valence-electron chi connectivity index (χ4n) is 1.22. The van der Waals surface area contributed by atoms with Crippen LogP contribution in [0, 0.1) is 0 Å². The maximum Gasteiger partial charge on any atom is 0.170 e. The van der Waals surface area contributed by atoms with E-state index >= 15 is 0 Å². The lowest BCUT2D eigenvalue weighted by Gasteiger charge is -2.09. The van der Waals surface area contributed by atoms with Crippen molar-refractivity contribution in [2.24, 2.45) is 10.9 Å². The highest BCUT2D eigenvalue weighted by Crippen LogP contribution is 2.22. The molecule has 0 atom stereocenters. The minimum Gasteiger partial charge on any atom is -0.497 e. The largest absolute Gasteiger partial charge is 0.497 e. The Morgan fingerprint density at radius 2 is 1.94 bits per heavy atom. The molecular weight excluding hydrogens is 224 g/mol. The highest BCUT2D eigenvalue weighted by molar-refractivity contribution is 5.97. The van der Waals surface area contributed by atoms with Crippen LogP contribution in [0.2, 0.25) is 0 Å². The first-order valence-electron chi connectivity index (χ1n) is 5.00. The predicted molar refractivity (Wildman–Crippen MR) is 62.9 cm³/mol. The van der Waals surface area contributed by atoms with E-state index in [9.17, 15) is 0 Å². The molecule has 0 fully saturated rings. The van der Waals surface area contributed by atoms with Crippen LogP contribution in [-0.2, 0) is 4.74 Å². The Labute approximate surface area is 99.6 Å². The van der Waals surface area contributed by atoms with Gasteiger partial charge < -0.3 is 25.2 Å². The third kappa shape index (κ3) is 3.84. The number of amidine groups is 1. The summed E-state index contributed by atoms with van der Waals surface area (Å²) in [6, 6.07) is 5.02. The van der Waals surface area contributed by atoms with Gasteiger partial charge in [-0.05, 0) is 12.1 Å². The molecule has 0 unspecified atom stereocenters. The second-order valence-electron chi connectivity index (χ2n) is 3.22. The highest BCUT2D eigenvalue weighted by atomic mass is 16.5. The lowest BCUT2D eigenvalue weighted by atomic mass is 10.2. The molecule has 6 nitrogen and oxygen atoms in total. The second kappa shape index (κ2) is 6.59. The topological polar surface area (TPSA) is 86.3 Å². The van der Waals surface area contributed by atoms with Crippen molar-refractivity contribution < 1.29 is 19.4 Å². The van der Waals surface area contributed by atoms with Crippen molar-refractivity contribution >= 4 is 5.84 Å². The predicted octanol–water partition coefficient (Wildman–Crippen LogP) is 0.815. The summed E-state index contributed by atoms with van der Waals surface area (Å²) in [5, 5.41) is 11.5. The lowest BCUT2D eigenvalue weighted by Crippen LogP contribution is -2.13. The average Bonchev–Trinajstić information content (AvgIpc) is 2.37. The van der Waals surface area contributed by atoms with Crippen molar-refractivity contribution in [3.8, 4) is 11.5 Å². The minimum absolute atomic E-state index is 0.000455. The van der Waals surface area contributed by atoms with E-state index in [0.717, 1.165) is 0 Å². The number of hydrogen-bond acceptors (Lipinski definition) is 5. The minimum atomic E-state index is 0.000455. The smallest absolute Gasteiger partial charge is 0.170 e. The van der Waals surface area contributed by atoms with Gasteiger partial charge in [0.1, 0.15) is 18.1 Å². The van der Waals surface area contributed by atoms with E-state index in [2.05, 4.69) is 5.16 Å². The van der Waals surface area contributed by atoms with Crippen LogP contribution in [0.15, 0.2) is 23.4 Å². The first-order chi connectivity index (χ1) is 8.21. The van der Waals surface area contributed by atoms with Gasteiger partial charge in [-0.15, -0.1) is 0 Å². The molecule has 3 N–H and O–H groups in total. The van der Waals surface area contributed by atoms with Gasteiger partial charge in [0.25, 0.3) is 0 Å². The molecule has 0 aliphatic heterocycles. The van der Waals surface area contributed by atoms with Gasteiger partial charge in [-0.3, -0.25) is 0 Å². The van der Waals surface area contributed by atoms with Crippen molar-refractivity contribution in [2.75, 3.05) is 27.4 Å². The quantitative estimate of drug-likeness (QED) is 0.253. The molecule has 1 aromatic carbocycles. The molecule has 1 aromatic rings. The average molecular weight is 240 g/mol. The van der Waals surface area contributed by atoms with Gasteiger partial charge in [0.05, 0.1) is 13.7 Å². The maximum absolute atomic E-state index is 8.62. The van der Waals surface area contributed by atoms with Crippen LogP contribution in [-0.4, -0.2) is 38.5 Å². The van der Waals surface area contributed by atoms with E-state index in [1.807, 2.05) is 0 Å².